The van der Waals surface area contributed by atoms with Crippen LogP contribution in [0.1, 0.15) is 20.7 Å². The highest BCUT2D eigenvalue weighted by molar-refractivity contribution is 5.95. The molecule has 7 nitrogen and oxygen atoms in total. The number of hydrogen-bond donors (Lipinski definition) is 2. The van der Waals surface area contributed by atoms with Crippen LogP contribution < -0.4 is 10.5 Å². The number of carboxylic acid groups (broad SMARTS) is 1. The minimum Gasteiger partial charge on any atom is -0.484 e. The first-order valence-electron chi connectivity index (χ1n) is 4.82. The minimum absolute atomic E-state index is 0.0110. The predicted molar refractivity (Wildman–Crippen MR) is 59.4 cm³/mol. The quantitative estimate of drug-likeness (QED) is 0.715. The van der Waals surface area contributed by atoms with E-state index in [0.717, 1.165) is 6.07 Å². The number of rotatable bonds is 5. The fourth-order valence-corrected chi connectivity index (χ4v) is 1.20. The van der Waals surface area contributed by atoms with E-state index in [1.54, 1.807) is 0 Å². The fraction of sp³-hybridized carbons (Fsp3) is 0.182. The van der Waals surface area contributed by atoms with E-state index < -0.39 is 24.5 Å². The zero-order valence-electron chi connectivity index (χ0n) is 9.50. The van der Waals surface area contributed by atoms with Crippen LogP contribution in [0.25, 0.3) is 0 Å². The van der Waals surface area contributed by atoms with E-state index in [9.17, 15) is 14.4 Å². The molecular weight excluding hydrogens is 242 g/mol. The first kappa shape index (κ1) is 13.5. The molecule has 0 heterocycles. The van der Waals surface area contributed by atoms with Gasteiger partial charge in [-0.3, -0.25) is 4.79 Å². The number of primary amides is 1. The molecule has 0 aliphatic heterocycles. The van der Waals surface area contributed by atoms with Gasteiger partial charge in [-0.25, -0.2) is 9.59 Å². The van der Waals surface area contributed by atoms with Gasteiger partial charge in [0.25, 0.3) is 5.91 Å². The summed E-state index contributed by atoms with van der Waals surface area (Å²) in [6.45, 7) is -0.413. The normalized spacial score (nSPS) is 9.61. The third-order valence-corrected chi connectivity index (χ3v) is 1.96. The number of carbonyl (C=O) groups excluding carboxylic acids is 2. The van der Waals surface area contributed by atoms with Gasteiger partial charge in [0.15, 0.2) is 6.61 Å². The van der Waals surface area contributed by atoms with Crippen molar-refractivity contribution >= 4 is 17.8 Å². The highest BCUT2D eigenvalue weighted by Gasteiger charge is 2.13. The molecule has 0 unspecified atom stereocenters. The molecule has 18 heavy (non-hydrogen) atoms. The second kappa shape index (κ2) is 5.67. The van der Waals surface area contributed by atoms with Gasteiger partial charge in [-0.15, -0.1) is 0 Å². The molecule has 0 bridgehead atoms. The fourth-order valence-electron chi connectivity index (χ4n) is 1.20. The van der Waals surface area contributed by atoms with Gasteiger partial charge >= 0.3 is 11.9 Å². The van der Waals surface area contributed by atoms with Crippen LogP contribution in [0.3, 0.4) is 0 Å². The van der Waals surface area contributed by atoms with Crippen LogP contribution in [0.5, 0.6) is 5.75 Å². The Balaban J connectivity index is 3.09. The van der Waals surface area contributed by atoms with Crippen molar-refractivity contribution in [1.82, 2.24) is 0 Å². The maximum Gasteiger partial charge on any atom is 0.338 e. The predicted octanol–water partition coefficient (Wildman–Crippen LogP) is 0.0355. The minimum atomic E-state index is -1.23. The van der Waals surface area contributed by atoms with Crippen LogP contribution in [0, 0.1) is 0 Å². The van der Waals surface area contributed by atoms with E-state index in [-0.39, 0.29) is 16.9 Å². The van der Waals surface area contributed by atoms with E-state index in [1.165, 1.54) is 19.2 Å². The first-order valence-corrected chi connectivity index (χ1v) is 4.82. The van der Waals surface area contributed by atoms with Crippen LogP contribution in [-0.4, -0.2) is 36.7 Å². The van der Waals surface area contributed by atoms with Crippen LogP contribution in [0.2, 0.25) is 0 Å². The highest BCUT2D eigenvalue weighted by atomic mass is 16.5. The maximum atomic E-state index is 11.3. The molecule has 0 radical (unpaired) electrons. The number of aromatic carboxylic acids is 1. The molecule has 3 N–H and O–H groups in total. The molecule has 0 atom stereocenters. The zero-order chi connectivity index (χ0) is 13.7. The van der Waals surface area contributed by atoms with Crippen molar-refractivity contribution in [3.63, 3.8) is 0 Å². The lowest BCUT2D eigenvalue weighted by Crippen LogP contribution is -2.20. The summed E-state index contributed by atoms with van der Waals surface area (Å²) in [6, 6.07) is 3.59. The Morgan fingerprint density at radius 3 is 2.33 bits per heavy atom. The number of benzene rings is 1. The van der Waals surface area contributed by atoms with Gasteiger partial charge < -0.3 is 20.3 Å². The molecule has 1 aromatic carbocycles. The first-order chi connectivity index (χ1) is 8.43. The molecule has 1 aromatic rings. The molecule has 96 valence electrons. The number of amides is 1. The average Bonchev–Trinajstić information content (AvgIpc) is 2.34. The molecule has 1 amide bonds. The van der Waals surface area contributed by atoms with Crippen LogP contribution in [0.15, 0.2) is 18.2 Å². The highest BCUT2D eigenvalue weighted by Crippen LogP contribution is 2.18. The largest absolute Gasteiger partial charge is 0.484 e. The second-order valence-electron chi connectivity index (χ2n) is 3.30. The average molecular weight is 253 g/mol. The van der Waals surface area contributed by atoms with Crippen molar-refractivity contribution in [2.24, 2.45) is 5.73 Å². The topological polar surface area (TPSA) is 116 Å². The van der Waals surface area contributed by atoms with Gasteiger partial charge in [-0.2, -0.15) is 0 Å². The van der Waals surface area contributed by atoms with Gasteiger partial charge in [0.2, 0.25) is 0 Å². The second-order valence-corrected chi connectivity index (χ2v) is 3.30. The van der Waals surface area contributed by atoms with Crippen molar-refractivity contribution in [1.29, 1.82) is 0 Å². The van der Waals surface area contributed by atoms with Crippen molar-refractivity contribution in [3.05, 3.63) is 29.3 Å². The summed E-state index contributed by atoms with van der Waals surface area (Å²) in [6.07, 6.45) is 0. The monoisotopic (exact) mass is 253 g/mol. The van der Waals surface area contributed by atoms with Gasteiger partial charge in [-0.1, -0.05) is 0 Å². The Morgan fingerprint density at radius 2 is 1.83 bits per heavy atom. The summed E-state index contributed by atoms with van der Waals surface area (Å²) in [4.78, 5) is 32.7. The lowest BCUT2D eigenvalue weighted by atomic mass is 10.1. The van der Waals surface area contributed by atoms with E-state index in [1.807, 2.05) is 0 Å². The SMILES string of the molecule is COC(=O)c1cc(OCC(N)=O)cc(C(=O)O)c1. The lowest BCUT2D eigenvalue weighted by Gasteiger charge is -2.07. The molecule has 0 spiro atoms. The molecule has 1 rings (SSSR count). The molecule has 0 aliphatic rings. The number of methoxy groups -OCH3 is 1. The third kappa shape index (κ3) is 3.48. The van der Waals surface area contributed by atoms with E-state index >= 15 is 0 Å². The smallest absolute Gasteiger partial charge is 0.338 e. The van der Waals surface area contributed by atoms with Crippen molar-refractivity contribution in [2.75, 3.05) is 13.7 Å². The van der Waals surface area contributed by atoms with Gasteiger partial charge in [-0.05, 0) is 18.2 Å². The summed E-state index contributed by atoms with van der Waals surface area (Å²) in [5.41, 5.74) is 4.75. The van der Waals surface area contributed by atoms with Crippen LogP contribution >= 0.6 is 0 Å². The number of carboxylic acids is 1. The van der Waals surface area contributed by atoms with Crippen molar-refractivity contribution < 1.29 is 29.0 Å². The Hall–Kier alpha value is -2.57. The van der Waals surface area contributed by atoms with Gasteiger partial charge in [0.05, 0.1) is 18.2 Å². The number of ether oxygens (including phenoxy) is 2. The van der Waals surface area contributed by atoms with Crippen molar-refractivity contribution in [3.8, 4) is 5.75 Å². The maximum absolute atomic E-state index is 11.3. The zero-order valence-corrected chi connectivity index (χ0v) is 9.50. The summed E-state index contributed by atoms with van der Waals surface area (Å²) in [5.74, 6) is -2.60. The Bertz CT molecular complexity index is 496. The van der Waals surface area contributed by atoms with Gasteiger partial charge in [0.1, 0.15) is 5.75 Å². The van der Waals surface area contributed by atoms with Gasteiger partial charge in [0, 0.05) is 0 Å². The standard InChI is InChI=1S/C11H11NO6/c1-17-11(16)7-2-6(10(14)15)3-8(4-7)18-5-9(12)13/h2-4H,5H2,1H3,(H2,12,13)(H,14,15). The van der Waals surface area contributed by atoms with Crippen molar-refractivity contribution in [2.45, 2.75) is 0 Å². The van der Waals surface area contributed by atoms with E-state index in [2.05, 4.69) is 4.74 Å². The van der Waals surface area contributed by atoms with Crippen LogP contribution in [0.4, 0.5) is 0 Å². The molecule has 0 aromatic heterocycles. The Labute approximate surface area is 102 Å². The molecule has 7 heteroatoms. The summed E-state index contributed by atoms with van der Waals surface area (Å²) >= 11 is 0. The number of esters is 1. The molecule has 0 aliphatic carbocycles. The summed E-state index contributed by atoms with van der Waals surface area (Å²) in [5, 5.41) is 8.87. The van der Waals surface area contributed by atoms with E-state index in [4.69, 9.17) is 15.6 Å². The van der Waals surface area contributed by atoms with E-state index in [0.29, 0.717) is 0 Å². The summed E-state index contributed by atoms with van der Waals surface area (Å²) in [7, 11) is 1.17. The Morgan fingerprint density at radius 1 is 1.22 bits per heavy atom. The molecular formula is C11H11NO6. The van der Waals surface area contributed by atoms with Crippen LogP contribution in [-0.2, 0) is 9.53 Å². The summed E-state index contributed by atoms with van der Waals surface area (Å²) < 4.78 is 9.42. The molecule has 0 saturated heterocycles. The third-order valence-electron chi connectivity index (χ3n) is 1.96. The molecule has 0 fully saturated rings. The Kier molecular flexibility index (Phi) is 4.25. The number of nitrogens with two attached hydrogens (primary N) is 1. The molecule has 0 saturated carbocycles. The number of carbonyl (C=O) groups is 3. The lowest BCUT2D eigenvalue weighted by molar-refractivity contribution is -0.119. The number of hydrogen-bond acceptors (Lipinski definition) is 5.